The molecule has 1 aliphatic rings. The van der Waals surface area contributed by atoms with E-state index in [-0.39, 0.29) is 12.4 Å². The van der Waals surface area contributed by atoms with Gasteiger partial charge >= 0.3 is 6.09 Å². The number of ether oxygens (including phenoxy) is 2. The first-order chi connectivity index (χ1) is 14.7. The summed E-state index contributed by atoms with van der Waals surface area (Å²) in [5.74, 6) is 0.608. The molecule has 6 heteroatoms. The first kappa shape index (κ1) is 20.2. The second kappa shape index (κ2) is 9.13. The Balaban J connectivity index is 1.57. The van der Waals surface area contributed by atoms with Crippen LogP contribution in [0.4, 0.5) is 9.80 Å². The number of hydrogen-bond acceptors (Lipinski definition) is 5. The number of nitrogens with one attached hydrogen (secondary N) is 1. The van der Waals surface area contributed by atoms with Crippen LogP contribution in [0.5, 0.6) is 5.75 Å². The van der Waals surface area contributed by atoms with Crippen molar-refractivity contribution in [1.82, 2.24) is 0 Å². The Bertz CT molecular complexity index is 1040. The van der Waals surface area contributed by atoms with Crippen molar-refractivity contribution < 1.29 is 19.1 Å². The SMILES string of the molecule is COc1ccc(C(=O)c2c(NC(=O)OCc3ccccc3)sc3c2CCCC3)cc1. The highest BCUT2D eigenvalue weighted by atomic mass is 32.1. The highest BCUT2D eigenvalue weighted by Crippen LogP contribution is 2.39. The second-order valence-corrected chi connectivity index (χ2v) is 8.26. The molecule has 0 aliphatic heterocycles. The van der Waals surface area contributed by atoms with Crippen LogP contribution in [0.25, 0.3) is 0 Å². The van der Waals surface area contributed by atoms with Crippen molar-refractivity contribution in [1.29, 1.82) is 0 Å². The van der Waals surface area contributed by atoms with Gasteiger partial charge in [0.05, 0.1) is 12.7 Å². The molecule has 1 heterocycles. The summed E-state index contributed by atoms with van der Waals surface area (Å²) in [6.45, 7) is 0.180. The minimum absolute atomic E-state index is 0.0876. The number of benzene rings is 2. The van der Waals surface area contributed by atoms with Gasteiger partial charge in [0.2, 0.25) is 0 Å². The molecule has 5 nitrogen and oxygen atoms in total. The molecule has 154 valence electrons. The lowest BCUT2D eigenvalue weighted by molar-refractivity contribution is 0.103. The van der Waals surface area contributed by atoms with Gasteiger partial charge in [0.1, 0.15) is 17.4 Å². The molecule has 3 aromatic rings. The van der Waals surface area contributed by atoms with Crippen LogP contribution in [0.3, 0.4) is 0 Å². The molecule has 0 radical (unpaired) electrons. The Labute approximate surface area is 179 Å². The number of amides is 1. The van der Waals surface area contributed by atoms with Crippen molar-refractivity contribution >= 4 is 28.2 Å². The van der Waals surface area contributed by atoms with Crippen LogP contribution in [0.15, 0.2) is 54.6 Å². The van der Waals surface area contributed by atoms with Crippen LogP contribution in [-0.4, -0.2) is 19.0 Å². The van der Waals surface area contributed by atoms with E-state index in [9.17, 15) is 9.59 Å². The van der Waals surface area contributed by atoms with Crippen LogP contribution in [0.1, 0.15) is 44.8 Å². The normalized spacial score (nSPS) is 12.7. The summed E-state index contributed by atoms with van der Waals surface area (Å²) in [4.78, 5) is 27.0. The maximum Gasteiger partial charge on any atom is 0.412 e. The van der Waals surface area contributed by atoms with Crippen molar-refractivity contribution in [2.75, 3.05) is 12.4 Å². The maximum atomic E-state index is 13.3. The minimum Gasteiger partial charge on any atom is -0.497 e. The first-order valence-corrected chi connectivity index (χ1v) is 10.8. The van der Waals surface area contributed by atoms with Gasteiger partial charge in [0, 0.05) is 10.4 Å². The van der Waals surface area contributed by atoms with E-state index in [1.807, 2.05) is 30.3 Å². The average molecular weight is 422 g/mol. The molecule has 1 amide bonds. The van der Waals surface area contributed by atoms with Gasteiger partial charge in [-0.3, -0.25) is 10.1 Å². The molecule has 0 spiro atoms. The van der Waals surface area contributed by atoms with Crippen molar-refractivity contribution in [3.8, 4) is 5.75 Å². The predicted molar refractivity (Wildman–Crippen MR) is 118 cm³/mol. The predicted octanol–water partition coefficient (Wildman–Crippen LogP) is 5.62. The van der Waals surface area contributed by atoms with E-state index < -0.39 is 6.09 Å². The van der Waals surface area contributed by atoms with Crippen LogP contribution in [0.2, 0.25) is 0 Å². The van der Waals surface area contributed by atoms with Crippen LogP contribution < -0.4 is 10.1 Å². The molecule has 2 aromatic carbocycles. The van der Waals surface area contributed by atoms with E-state index in [1.54, 1.807) is 31.4 Å². The summed E-state index contributed by atoms with van der Waals surface area (Å²) in [7, 11) is 1.59. The van der Waals surface area contributed by atoms with Gasteiger partial charge in [0.15, 0.2) is 5.78 Å². The van der Waals surface area contributed by atoms with Gasteiger partial charge in [-0.25, -0.2) is 4.79 Å². The second-order valence-electron chi connectivity index (χ2n) is 7.16. The lowest BCUT2D eigenvalue weighted by atomic mass is 9.92. The number of carbonyl (C=O) groups excluding carboxylic acids is 2. The number of hydrogen-bond donors (Lipinski definition) is 1. The summed E-state index contributed by atoms with van der Waals surface area (Å²) in [5, 5.41) is 3.39. The van der Waals surface area contributed by atoms with Gasteiger partial charge in [-0.05, 0) is 61.1 Å². The van der Waals surface area contributed by atoms with Gasteiger partial charge in [-0.2, -0.15) is 0 Å². The number of anilines is 1. The molecule has 1 aromatic heterocycles. The van der Waals surface area contributed by atoms with Gasteiger partial charge in [-0.1, -0.05) is 30.3 Å². The van der Waals surface area contributed by atoms with Crippen molar-refractivity contribution in [2.45, 2.75) is 32.3 Å². The number of fused-ring (bicyclic) bond motifs is 1. The molecular weight excluding hydrogens is 398 g/mol. The number of carbonyl (C=O) groups is 2. The number of aryl methyl sites for hydroxylation is 1. The summed E-state index contributed by atoms with van der Waals surface area (Å²) >= 11 is 1.49. The molecule has 0 bridgehead atoms. The summed E-state index contributed by atoms with van der Waals surface area (Å²) in [5.41, 5.74) is 3.14. The Morgan fingerprint density at radius 1 is 1.00 bits per heavy atom. The minimum atomic E-state index is -0.554. The van der Waals surface area contributed by atoms with Crippen LogP contribution >= 0.6 is 11.3 Å². The molecule has 4 rings (SSSR count). The maximum absolute atomic E-state index is 13.3. The fourth-order valence-electron chi connectivity index (χ4n) is 3.63. The molecule has 1 aliphatic carbocycles. The number of thiophene rings is 1. The molecule has 30 heavy (non-hydrogen) atoms. The molecule has 0 atom stereocenters. The summed E-state index contributed by atoms with van der Waals surface area (Å²) in [6, 6.07) is 16.6. The highest BCUT2D eigenvalue weighted by molar-refractivity contribution is 7.17. The number of ketones is 1. The van der Waals surface area contributed by atoms with Gasteiger partial charge < -0.3 is 9.47 Å². The quantitative estimate of drug-likeness (QED) is 0.525. The van der Waals surface area contributed by atoms with E-state index in [0.717, 1.165) is 36.8 Å². The Hall–Kier alpha value is -3.12. The first-order valence-electron chi connectivity index (χ1n) is 9.96. The summed E-state index contributed by atoms with van der Waals surface area (Å²) < 4.78 is 10.6. The third kappa shape index (κ3) is 4.39. The average Bonchev–Trinajstić information content (AvgIpc) is 3.15. The molecule has 0 fully saturated rings. The zero-order valence-electron chi connectivity index (χ0n) is 16.8. The zero-order valence-corrected chi connectivity index (χ0v) is 17.6. The Kier molecular flexibility index (Phi) is 6.14. The molecular formula is C24H23NO4S. The standard InChI is InChI=1S/C24H23NO4S/c1-28-18-13-11-17(12-14-18)22(26)21-19-9-5-6-10-20(19)30-23(21)25-24(27)29-15-16-7-3-2-4-8-16/h2-4,7-8,11-14H,5-6,9-10,15H2,1H3,(H,25,27). The third-order valence-corrected chi connectivity index (χ3v) is 6.39. The van der Waals surface area contributed by atoms with E-state index in [0.29, 0.717) is 21.9 Å². The van der Waals surface area contributed by atoms with E-state index in [2.05, 4.69) is 5.32 Å². The van der Waals surface area contributed by atoms with Crippen molar-refractivity contribution in [2.24, 2.45) is 0 Å². The van der Waals surface area contributed by atoms with E-state index in [1.165, 1.54) is 16.2 Å². The van der Waals surface area contributed by atoms with Crippen LogP contribution in [0, 0.1) is 0 Å². The van der Waals surface area contributed by atoms with Gasteiger partial charge in [0.25, 0.3) is 0 Å². The topological polar surface area (TPSA) is 64.6 Å². The van der Waals surface area contributed by atoms with Crippen molar-refractivity contribution in [3.63, 3.8) is 0 Å². The Morgan fingerprint density at radius 3 is 2.47 bits per heavy atom. The summed E-state index contributed by atoms with van der Waals surface area (Å²) in [6.07, 6.45) is 3.38. The highest BCUT2D eigenvalue weighted by Gasteiger charge is 2.27. The molecule has 0 saturated carbocycles. The molecule has 0 saturated heterocycles. The fourth-order valence-corrected chi connectivity index (χ4v) is 4.91. The number of methoxy groups -OCH3 is 1. The monoisotopic (exact) mass is 421 g/mol. The van der Waals surface area contributed by atoms with E-state index >= 15 is 0 Å². The molecule has 0 unspecified atom stereocenters. The Morgan fingerprint density at radius 2 is 1.73 bits per heavy atom. The van der Waals surface area contributed by atoms with Crippen molar-refractivity contribution in [3.05, 3.63) is 81.7 Å². The third-order valence-electron chi connectivity index (χ3n) is 5.18. The van der Waals surface area contributed by atoms with E-state index in [4.69, 9.17) is 9.47 Å². The van der Waals surface area contributed by atoms with Gasteiger partial charge in [-0.15, -0.1) is 11.3 Å². The van der Waals surface area contributed by atoms with Crippen LogP contribution in [-0.2, 0) is 24.2 Å². The smallest absolute Gasteiger partial charge is 0.412 e. The number of rotatable bonds is 6. The largest absolute Gasteiger partial charge is 0.497 e. The lowest BCUT2D eigenvalue weighted by Crippen LogP contribution is -2.16. The zero-order chi connectivity index (χ0) is 20.9. The lowest BCUT2D eigenvalue weighted by Gasteiger charge is -2.13. The molecule has 1 N–H and O–H groups in total. The fraction of sp³-hybridized carbons (Fsp3) is 0.250.